The molecular formula is C22H20N4O3S. The van der Waals surface area contributed by atoms with E-state index in [2.05, 4.69) is 15.3 Å². The lowest BCUT2D eigenvalue weighted by Crippen LogP contribution is -2.27. The molecule has 1 aromatic heterocycles. The molecular weight excluding hydrogens is 400 g/mol. The van der Waals surface area contributed by atoms with E-state index in [0.29, 0.717) is 17.1 Å². The molecule has 0 aliphatic rings. The minimum absolute atomic E-state index is 0.114. The first-order chi connectivity index (χ1) is 14.4. The Labute approximate surface area is 174 Å². The number of carbonyl (C=O) groups is 1. The third kappa shape index (κ3) is 3.90. The van der Waals surface area contributed by atoms with Crippen molar-refractivity contribution in [3.8, 4) is 0 Å². The molecule has 0 unspecified atom stereocenters. The molecule has 0 radical (unpaired) electrons. The van der Waals surface area contributed by atoms with E-state index in [1.807, 2.05) is 30.3 Å². The third-order valence-electron chi connectivity index (χ3n) is 4.75. The Morgan fingerprint density at radius 1 is 0.967 bits per heavy atom. The number of para-hydroxylation sites is 3. The summed E-state index contributed by atoms with van der Waals surface area (Å²) >= 11 is 0. The van der Waals surface area contributed by atoms with Crippen molar-refractivity contribution in [3.63, 3.8) is 0 Å². The summed E-state index contributed by atoms with van der Waals surface area (Å²) in [6.45, 7) is 0.240. The lowest BCUT2D eigenvalue weighted by Gasteiger charge is -2.19. The van der Waals surface area contributed by atoms with Crippen molar-refractivity contribution >= 4 is 32.7 Å². The summed E-state index contributed by atoms with van der Waals surface area (Å²) in [6.07, 6.45) is 0. The lowest BCUT2D eigenvalue weighted by molar-refractivity contribution is 0.0950. The zero-order chi connectivity index (χ0) is 21.1. The number of aromatic nitrogens is 2. The van der Waals surface area contributed by atoms with Gasteiger partial charge in [0.2, 0.25) is 0 Å². The highest BCUT2D eigenvalue weighted by molar-refractivity contribution is 7.92. The summed E-state index contributed by atoms with van der Waals surface area (Å²) in [5, 5.41) is 2.79. The average Bonchev–Trinajstić information content (AvgIpc) is 3.20. The number of rotatable bonds is 6. The number of fused-ring (bicyclic) bond motifs is 1. The standard InChI is InChI=1S/C22H20N4O3S/c1-26(17-7-3-2-4-8-17)30(28,29)18-13-11-16(12-14-18)22(27)23-15-21-24-19-9-5-6-10-20(19)25-21/h2-14H,15H2,1H3,(H,23,27)(H,24,25). The maximum Gasteiger partial charge on any atom is 0.264 e. The largest absolute Gasteiger partial charge is 0.345 e. The van der Waals surface area contributed by atoms with Gasteiger partial charge < -0.3 is 10.3 Å². The highest BCUT2D eigenvalue weighted by atomic mass is 32.2. The van der Waals surface area contributed by atoms with Crippen molar-refractivity contribution in [1.29, 1.82) is 0 Å². The first-order valence-electron chi connectivity index (χ1n) is 9.31. The van der Waals surface area contributed by atoms with Gasteiger partial charge >= 0.3 is 0 Å². The molecule has 0 aliphatic heterocycles. The summed E-state index contributed by atoms with van der Waals surface area (Å²) in [6, 6.07) is 22.3. The second-order valence-electron chi connectivity index (χ2n) is 6.72. The number of aromatic amines is 1. The number of imidazole rings is 1. The van der Waals surface area contributed by atoms with Gasteiger partial charge in [-0.25, -0.2) is 13.4 Å². The molecule has 4 rings (SSSR count). The minimum atomic E-state index is -3.72. The number of nitrogens with zero attached hydrogens (tertiary/aromatic N) is 2. The molecule has 4 aromatic rings. The van der Waals surface area contributed by atoms with Crippen LogP contribution >= 0.6 is 0 Å². The Balaban J connectivity index is 1.45. The van der Waals surface area contributed by atoms with Gasteiger partial charge in [-0.15, -0.1) is 0 Å². The van der Waals surface area contributed by atoms with Gasteiger partial charge in [0.05, 0.1) is 28.2 Å². The second kappa shape index (κ2) is 8.00. The zero-order valence-electron chi connectivity index (χ0n) is 16.2. The highest BCUT2D eigenvalue weighted by Crippen LogP contribution is 2.22. The Hall–Kier alpha value is -3.65. The molecule has 0 saturated heterocycles. The van der Waals surface area contributed by atoms with Crippen molar-refractivity contribution in [2.45, 2.75) is 11.4 Å². The quantitative estimate of drug-likeness (QED) is 0.500. The van der Waals surface area contributed by atoms with Crippen LogP contribution in [0.5, 0.6) is 0 Å². The third-order valence-corrected chi connectivity index (χ3v) is 6.55. The molecule has 30 heavy (non-hydrogen) atoms. The molecule has 1 heterocycles. The van der Waals surface area contributed by atoms with E-state index in [0.717, 1.165) is 11.0 Å². The Morgan fingerprint density at radius 3 is 2.33 bits per heavy atom. The molecule has 7 nitrogen and oxygen atoms in total. The summed E-state index contributed by atoms with van der Waals surface area (Å²) in [5.41, 5.74) is 2.66. The second-order valence-corrected chi connectivity index (χ2v) is 8.69. The Kier molecular flexibility index (Phi) is 5.24. The van der Waals surface area contributed by atoms with Crippen molar-refractivity contribution in [3.05, 3.63) is 90.3 Å². The topological polar surface area (TPSA) is 95.2 Å². The first-order valence-corrected chi connectivity index (χ1v) is 10.7. The number of carbonyl (C=O) groups excluding carboxylic acids is 1. The molecule has 0 atom stereocenters. The minimum Gasteiger partial charge on any atom is -0.345 e. The van der Waals surface area contributed by atoms with Gasteiger partial charge in [0.15, 0.2) is 0 Å². The molecule has 152 valence electrons. The van der Waals surface area contributed by atoms with Gasteiger partial charge in [0.1, 0.15) is 5.82 Å². The van der Waals surface area contributed by atoms with Crippen molar-refractivity contribution in [1.82, 2.24) is 15.3 Å². The van der Waals surface area contributed by atoms with E-state index < -0.39 is 10.0 Å². The SMILES string of the molecule is CN(c1ccccc1)S(=O)(=O)c1ccc(C(=O)NCc2nc3ccccc3[nH]2)cc1. The van der Waals surface area contributed by atoms with Crippen molar-refractivity contribution in [2.24, 2.45) is 0 Å². The van der Waals surface area contributed by atoms with Crippen LogP contribution in [0.1, 0.15) is 16.2 Å². The number of benzene rings is 3. The molecule has 0 fully saturated rings. The number of sulfonamides is 1. The summed E-state index contributed by atoms with van der Waals surface area (Å²) in [7, 11) is -2.22. The molecule has 0 saturated carbocycles. The molecule has 1 amide bonds. The van der Waals surface area contributed by atoms with Crippen molar-refractivity contribution in [2.75, 3.05) is 11.4 Å². The molecule has 0 aliphatic carbocycles. The summed E-state index contributed by atoms with van der Waals surface area (Å²) in [5.74, 6) is 0.337. The maximum atomic E-state index is 12.8. The van der Waals surface area contributed by atoms with Crippen LogP contribution in [0, 0.1) is 0 Å². The molecule has 0 spiro atoms. The van der Waals surface area contributed by atoms with Gasteiger partial charge in [0, 0.05) is 12.6 Å². The van der Waals surface area contributed by atoms with Crippen LogP contribution in [-0.2, 0) is 16.6 Å². The highest BCUT2D eigenvalue weighted by Gasteiger charge is 2.21. The van der Waals surface area contributed by atoms with Crippen molar-refractivity contribution < 1.29 is 13.2 Å². The molecule has 3 aromatic carbocycles. The van der Waals surface area contributed by atoms with Gasteiger partial charge in [0.25, 0.3) is 15.9 Å². The van der Waals surface area contributed by atoms with Crippen LogP contribution in [0.3, 0.4) is 0 Å². The smallest absolute Gasteiger partial charge is 0.264 e. The number of hydrogen-bond acceptors (Lipinski definition) is 4. The normalized spacial score (nSPS) is 11.4. The number of nitrogens with one attached hydrogen (secondary N) is 2. The number of H-pyrrole nitrogens is 1. The van der Waals surface area contributed by atoms with E-state index >= 15 is 0 Å². The van der Waals surface area contributed by atoms with Crippen LogP contribution in [0.4, 0.5) is 5.69 Å². The van der Waals surface area contributed by atoms with Gasteiger partial charge in [-0.3, -0.25) is 9.10 Å². The fourth-order valence-corrected chi connectivity index (χ4v) is 4.26. The Bertz CT molecular complexity index is 1250. The maximum absolute atomic E-state index is 12.8. The first kappa shape index (κ1) is 19.7. The predicted molar refractivity (Wildman–Crippen MR) is 116 cm³/mol. The number of anilines is 1. The van der Waals surface area contributed by atoms with E-state index in [1.165, 1.54) is 35.6 Å². The van der Waals surface area contributed by atoms with E-state index in [1.54, 1.807) is 24.3 Å². The fraction of sp³-hybridized carbons (Fsp3) is 0.0909. The van der Waals surface area contributed by atoms with Crippen LogP contribution < -0.4 is 9.62 Å². The van der Waals surface area contributed by atoms with Gasteiger partial charge in [-0.2, -0.15) is 0 Å². The molecule has 2 N–H and O–H groups in total. The monoisotopic (exact) mass is 420 g/mol. The van der Waals surface area contributed by atoms with Gasteiger partial charge in [-0.05, 0) is 48.5 Å². The number of hydrogen-bond donors (Lipinski definition) is 2. The Morgan fingerprint density at radius 2 is 1.63 bits per heavy atom. The van der Waals surface area contributed by atoms with E-state index in [9.17, 15) is 13.2 Å². The molecule has 0 bridgehead atoms. The zero-order valence-corrected chi connectivity index (χ0v) is 17.1. The van der Waals surface area contributed by atoms with E-state index in [-0.39, 0.29) is 17.3 Å². The lowest BCUT2D eigenvalue weighted by atomic mass is 10.2. The number of amides is 1. The molecule has 8 heteroatoms. The summed E-state index contributed by atoms with van der Waals surface area (Å²) in [4.78, 5) is 20.1. The van der Waals surface area contributed by atoms with Crippen LogP contribution in [0.15, 0.2) is 83.8 Å². The van der Waals surface area contributed by atoms with E-state index in [4.69, 9.17) is 0 Å². The van der Waals surface area contributed by atoms with Crippen LogP contribution in [0.25, 0.3) is 11.0 Å². The summed E-state index contributed by atoms with van der Waals surface area (Å²) < 4.78 is 26.9. The van der Waals surface area contributed by atoms with Crippen LogP contribution in [0.2, 0.25) is 0 Å². The predicted octanol–water partition coefficient (Wildman–Crippen LogP) is 3.32. The fourth-order valence-electron chi connectivity index (χ4n) is 3.07. The van der Waals surface area contributed by atoms with Gasteiger partial charge in [-0.1, -0.05) is 30.3 Å². The average molecular weight is 420 g/mol. The van der Waals surface area contributed by atoms with Crippen LogP contribution in [-0.4, -0.2) is 31.3 Å².